The van der Waals surface area contributed by atoms with Crippen molar-refractivity contribution in [1.82, 2.24) is 4.98 Å². The molecule has 5 nitrogen and oxygen atoms in total. The number of aryl methyl sites for hydroxylation is 1. The fourth-order valence-electron chi connectivity index (χ4n) is 3.15. The van der Waals surface area contributed by atoms with Crippen molar-refractivity contribution in [3.8, 4) is 0 Å². The maximum absolute atomic E-state index is 12.2. The van der Waals surface area contributed by atoms with Crippen LogP contribution in [0.2, 0.25) is 0 Å². The molecule has 6 heteroatoms. The van der Waals surface area contributed by atoms with Crippen LogP contribution in [-0.4, -0.2) is 30.7 Å². The van der Waals surface area contributed by atoms with Crippen LogP contribution in [0.5, 0.6) is 0 Å². The predicted octanol–water partition coefficient (Wildman–Crippen LogP) is 4.55. The number of nitrogens with one attached hydrogen (secondary N) is 1. The molecule has 0 bridgehead atoms. The van der Waals surface area contributed by atoms with E-state index in [0.717, 1.165) is 22.2 Å². The van der Waals surface area contributed by atoms with E-state index in [1.54, 1.807) is 6.20 Å². The van der Waals surface area contributed by atoms with Gasteiger partial charge in [0.15, 0.2) is 15.6 Å². The first-order valence-corrected chi connectivity index (χ1v) is 11.2. The smallest absolute Gasteiger partial charge is 0.163 e. The number of rotatable bonds is 8. The monoisotopic (exact) mass is 396 g/mol. The lowest BCUT2D eigenvalue weighted by molar-refractivity contribution is 0.101. The molecule has 2 aromatic carbocycles. The zero-order chi connectivity index (χ0) is 20.1. The van der Waals surface area contributed by atoms with Crippen LogP contribution in [-0.2, 0) is 16.3 Å². The molecule has 0 aliphatic heterocycles. The lowest BCUT2D eigenvalue weighted by Crippen LogP contribution is -2.12. The van der Waals surface area contributed by atoms with E-state index in [0.29, 0.717) is 24.1 Å². The molecule has 1 aromatic heterocycles. The molecule has 3 aromatic rings. The van der Waals surface area contributed by atoms with Crippen molar-refractivity contribution in [1.29, 1.82) is 0 Å². The van der Waals surface area contributed by atoms with Crippen molar-refractivity contribution >= 4 is 37.9 Å². The second-order valence-electron chi connectivity index (χ2n) is 6.85. The van der Waals surface area contributed by atoms with Gasteiger partial charge in [-0.2, -0.15) is 0 Å². The van der Waals surface area contributed by atoms with E-state index in [1.807, 2.05) is 55.5 Å². The van der Waals surface area contributed by atoms with E-state index in [4.69, 9.17) is 0 Å². The van der Waals surface area contributed by atoms with Gasteiger partial charge in [0.1, 0.15) is 0 Å². The number of nitrogens with zero attached hydrogens (tertiary/aromatic N) is 1. The summed E-state index contributed by atoms with van der Waals surface area (Å²) in [6, 6.07) is 15.3. The molecule has 0 radical (unpaired) electrons. The molecule has 146 valence electrons. The van der Waals surface area contributed by atoms with Gasteiger partial charge in [-0.25, -0.2) is 8.42 Å². The highest BCUT2D eigenvalue weighted by Gasteiger charge is 2.15. The topological polar surface area (TPSA) is 76.1 Å². The fourth-order valence-corrected chi connectivity index (χ4v) is 4.52. The zero-order valence-corrected chi connectivity index (χ0v) is 16.9. The number of sulfone groups is 1. The highest BCUT2D eigenvalue weighted by atomic mass is 32.2. The van der Waals surface area contributed by atoms with E-state index in [-0.39, 0.29) is 17.3 Å². The number of pyridine rings is 1. The van der Waals surface area contributed by atoms with Crippen LogP contribution in [0.4, 0.5) is 11.4 Å². The van der Waals surface area contributed by atoms with Gasteiger partial charge in [-0.3, -0.25) is 9.78 Å². The van der Waals surface area contributed by atoms with Crippen molar-refractivity contribution in [2.24, 2.45) is 0 Å². The summed E-state index contributed by atoms with van der Waals surface area (Å²) in [5.41, 5.74) is 3.73. The van der Waals surface area contributed by atoms with Gasteiger partial charge >= 0.3 is 0 Å². The number of anilines is 2. The maximum atomic E-state index is 12.2. The van der Waals surface area contributed by atoms with Gasteiger partial charge in [0.25, 0.3) is 0 Å². The second kappa shape index (κ2) is 8.52. The molecule has 1 N–H and O–H groups in total. The van der Waals surface area contributed by atoms with Gasteiger partial charge < -0.3 is 5.32 Å². The number of hydrogen-bond donors (Lipinski definition) is 1. The largest absolute Gasteiger partial charge is 0.354 e. The average Bonchev–Trinajstić information content (AvgIpc) is 2.67. The quantitative estimate of drug-likeness (QED) is 0.565. The molecule has 0 aliphatic rings. The van der Waals surface area contributed by atoms with Crippen molar-refractivity contribution in [2.45, 2.75) is 26.7 Å². The van der Waals surface area contributed by atoms with Crippen LogP contribution in [0.25, 0.3) is 10.9 Å². The Hall–Kier alpha value is -2.73. The summed E-state index contributed by atoms with van der Waals surface area (Å²) in [7, 11) is -3.05. The highest BCUT2D eigenvalue weighted by molar-refractivity contribution is 7.91. The Balaban J connectivity index is 2.02. The summed E-state index contributed by atoms with van der Waals surface area (Å²) < 4.78 is 24.1. The summed E-state index contributed by atoms with van der Waals surface area (Å²) in [6.07, 6.45) is 2.64. The molecule has 0 atom stereocenters. The van der Waals surface area contributed by atoms with Crippen LogP contribution in [0.1, 0.15) is 36.2 Å². The average molecular weight is 397 g/mol. The highest BCUT2D eigenvalue weighted by Crippen LogP contribution is 2.30. The summed E-state index contributed by atoms with van der Waals surface area (Å²) >= 11 is 0. The molecule has 1 heterocycles. The summed E-state index contributed by atoms with van der Waals surface area (Å²) in [5, 5.41) is 4.14. The van der Waals surface area contributed by atoms with E-state index in [9.17, 15) is 13.2 Å². The van der Waals surface area contributed by atoms with Gasteiger partial charge in [-0.05, 0) is 49.6 Å². The molecular weight excluding hydrogens is 372 g/mol. The van der Waals surface area contributed by atoms with Crippen LogP contribution < -0.4 is 5.32 Å². The third-order valence-electron chi connectivity index (χ3n) is 4.57. The standard InChI is InChI=1S/C22H24N2O3S/c1-3-12-28(26,27)13-11-17-9-10-21-19(14-17)22(20(15-23-21)16(2)25)24-18-7-5-4-6-8-18/h4-10,14-15H,3,11-13H2,1-2H3,(H,23,24). The summed E-state index contributed by atoms with van der Waals surface area (Å²) in [4.78, 5) is 16.6. The second-order valence-corrected chi connectivity index (χ2v) is 9.15. The zero-order valence-electron chi connectivity index (χ0n) is 16.1. The molecule has 0 amide bonds. The third kappa shape index (κ3) is 4.75. The van der Waals surface area contributed by atoms with Gasteiger partial charge in [0.05, 0.1) is 22.5 Å². The first kappa shape index (κ1) is 20.0. The first-order valence-electron chi connectivity index (χ1n) is 9.34. The molecule has 3 rings (SSSR count). The normalized spacial score (nSPS) is 11.5. The van der Waals surface area contributed by atoms with Gasteiger partial charge in [0, 0.05) is 23.0 Å². The van der Waals surface area contributed by atoms with Crippen molar-refractivity contribution < 1.29 is 13.2 Å². The van der Waals surface area contributed by atoms with Crippen LogP contribution in [0, 0.1) is 0 Å². The Morgan fingerprint density at radius 2 is 1.82 bits per heavy atom. The fraction of sp³-hybridized carbons (Fsp3) is 0.273. The Bertz CT molecular complexity index is 1090. The van der Waals surface area contributed by atoms with Crippen LogP contribution >= 0.6 is 0 Å². The number of ketones is 1. The molecule has 0 spiro atoms. The number of benzene rings is 2. The molecule has 0 unspecified atom stereocenters. The first-order chi connectivity index (χ1) is 13.4. The van der Waals surface area contributed by atoms with Crippen LogP contribution in [0.15, 0.2) is 54.7 Å². The lowest BCUT2D eigenvalue weighted by Gasteiger charge is -2.14. The van der Waals surface area contributed by atoms with Crippen molar-refractivity contribution in [2.75, 3.05) is 16.8 Å². The van der Waals surface area contributed by atoms with E-state index >= 15 is 0 Å². The number of hydrogen-bond acceptors (Lipinski definition) is 5. The lowest BCUT2D eigenvalue weighted by atomic mass is 10.0. The molecule has 0 saturated carbocycles. The minimum Gasteiger partial charge on any atom is -0.354 e. The minimum absolute atomic E-state index is 0.0799. The Morgan fingerprint density at radius 3 is 2.50 bits per heavy atom. The molecule has 28 heavy (non-hydrogen) atoms. The molecule has 0 aliphatic carbocycles. The van der Waals surface area contributed by atoms with Crippen molar-refractivity contribution in [3.05, 3.63) is 65.9 Å². The van der Waals surface area contributed by atoms with Crippen LogP contribution in [0.3, 0.4) is 0 Å². The van der Waals surface area contributed by atoms with E-state index < -0.39 is 9.84 Å². The Morgan fingerprint density at radius 1 is 1.07 bits per heavy atom. The predicted molar refractivity (Wildman–Crippen MR) is 114 cm³/mol. The number of carbonyl (C=O) groups is 1. The maximum Gasteiger partial charge on any atom is 0.163 e. The number of para-hydroxylation sites is 1. The van der Waals surface area contributed by atoms with Gasteiger partial charge in [-0.1, -0.05) is 31.2 Å². The Kier molecular flexibility index (Phi) is 6.09. The molecule has 0 saturated heterocycles. The van der Waals surface area contributed by atoms with Gasteiger partial charge in [0.2, 0.25) is 0 Å². The molecule has 0 fully saturated rings. The summed E-state index contributed by atoms with van der Waals surface area (Å²) in [5.74, 6) is 0.245. The third-order valence-corrected chi connectivity index (χ3v) is 6.43. The van der Waals surface area contributed by atoms with E-state index in [1.165, 1.54) is 6.92 Å². The SMILES string of the molecule is CCCS(=O)(=O)CCc1ccc2ncc(C(C)=O)c(Nc3ccccc3)c2c1. The number of carbonyl (C=O) groups excluding carboxylic acids is 1. The number of Topliss-reactive ketones (excluding diaryl/α,β-unsaturated/α-hetero) is 1. The van der Waals surface area contributed by atoms with E-state index in [2.05, 4.69) is 10.3 Å². The number of aromatic nitrogens is 1. The van der Waals surface area contributed by atoms with Gasteiger partial charge in [-0.15, -0.1) is 0 Å². The molecular formula is C22H24N2O3S. The number of fused-ring (bicyclic) bond motifs is 1. The minimum atomic E-state index is -3.05. The Labute approximate surface area is 165 Å². The van der Waals surface area contributed by atoms with Crippen molar-refractivity contribution in [3.63, 3.8) is 0 Å². The summed E-state index contributed by atoms with van der Waals surface area (Å²) in [6.45, 7) is 3.38.